The Hall–Kier alpha value is -3.42. The first-order valence-electron chi connectivity index (χ1n) is 9.15. The summed E-state index contributed by atoms with van der Waals surface area (Å²) in [6, 6.07) is 7.06. The first-order valence-corrected chi connectivity index (χ1v) is 9.15. The third-order valence-electron chi connectivity index (χ3n) is 4.94. The summed E-state index contributed by atoms with van der Waals surface area (Å²) in [7, 11) is 0. The van der Waals surface area contributed by atoms with E-state index in [1.807, 2.05) is 36.6 Å². The van der Waals surface area contributed by atoms with Crippen molar-refractivity contribution >= 4 is 11.8 Å². The second kappa shape index (κ2) is 7.30. The van der Waals surface area contributed by atoms with E-state index in [1.165, 1.54) is 6.26 Å². The van der Waals surface area contributed by atoms with Crippen LogP contribution in [-0.2, 0) is 13.1 Å². The predicted octanol–water partition coefficient (Wildman–Crippen LogP) is 2.33. The number of amides is 2. The molecule has 8 heteroatoms. The van der Waals surface area contributed by atoms with Gasteiger partial charge in [0.25, 0.3) is 11.8 Å². The Balaban J connectivity index is 1.48. The molecule has 0 fully saturated rings. The first-order chi connectivity index (χ1) is 13.5. The van der Waals surface area contributed by atoms with Crippen molar-refractivity contribution in [2.24, 2.45) is 0 Å². The van der Waals surface area contributed by atoms with Gasteiger partial charge in [0.1, 0.15) is 11.5 Å². The van der Waals surface area contributed by atoms with Gasteiger partial charge in [-0.15, -0.1) is 0 Å². The van der Waals surface area contributed by atoms with Gasteiger partial charge in [-0.05, 0) is 32.0 Å². The molecule has 0 saturated carbocycles. The van der Waals surface area contributed by atoms with Crippen LogP contribution in [-0.4, -0.2) is 37.8 Å². The largest absolute Gasteiger partial charge is 0.459 e. The number of pyridine rings is 1. The lowest BCUT2D eigenvalue weighted by Crippen LogP contribution is -2.41. The Bertz CT molecular complexity index is 1010. The minimum Gasteiger partial charge on any atom is -0.459 e. The third kappa shape index (κ3) is 3.28. The molecule has 0 radical (unpaired) electrons. The van der Waals surface area contributed by atoms with E-state index in [0.717, 1.165) is 11.3 Å². The Morgan fingerprint density at radius 3 is 2.86 bits per heavy atom. The standard InChI is InChI=1S/C20H21N5O3/c1-13-6-10-28-17(13)20(27)25-9-8-24-12-16(23-18(24)14(25)2)19(26)22-11-15-5-3-4-7-21-15/h3-7,10,12,14H,8-9,11H2,1-2H3,(H,22,26)/t14-/m0/s1. The monoisotopic (exact) mass is 379 g/mol. The number of hydrogen-bond acceptors (Lipinski definition) is 5. The lowest BCUT2D eigenvalue weighted by molar-refractivity contribution is 0.0604. The maximum absolute atomic E-state index is 12.8. The van der Waals surface area contributed by atoms with E-state index in [9.17, 15) is 9.59 Å². The number of nitrogens with zero attached hydrogens (tertiary/aromatic N) is 4. The molecule has 1 atom stereocenters. The lowest BCUT2D eigenvalue weighted by Gasteiger charge is -2.33. The minimum absolute atomic E-state index is 0.162. The van der Waals surface area contributed by atoms with E-state index in [-0.39, 0.29) is 17.9 Å². The van der Waals surface area contributed by atoms with Crippen LogP contribution in [0.15, 0.2) is 47.3 Å². The molecule has 1 aliphatic heterocycles. The molecule has 0 unspecified atom stereocenters. The van der Waals surface area contributed by atoms with Crippen LogP contribution < -0.4 is 5.32 Å². The van der Waals surface area contributed by atoms with Crippen molar-refractivity contribution in [2.75, 3.05) is 6.54 Å². The van der Waals surface area contributed by atoms with Crippen molar-refractivity contribution in [1.82, 2.24) is 24.8 Å². The molecule has 0 aliphatic carbocycles. The summed E-state index contributed by atoms with van der Waals surface area (Å²) < 4.78 is 7.27. The van der Waals surface area contributed by atoms with E-state index in [1.54, 1.807) is 23.4 Å². The number of hydrogen-bond donors (Lipinski definition) is 1. The highest BCUT2D eigenvalue weighted by Gasteiger charge is 2.32. The van der Waals surface area contributed by atoms with Crippen LogP contribution in [0.3, 0.4) is 0 Å². The van der Waals surface area contributed by atoms with Gasteiger partial charge in [-0.2, -0.15) is 0 Å². The summed E-state index contributed by atoms with van der Waals surface area (Å²) in [5.41, 5.74) is 1.92. The van der Waals surface area contributed by atoms with Crippen LogP contribution in [0.5, 0.6) is 0 Å². The second-order valence-electron chi connectivity index (χ2n) is 6.79. The molecule has 3 aromatic rings. The van der Waals surface area contributed by atoms with Gasteiger partial charge in [0.2, 0.25) is 0 Å². The average Bonchev–Trinajstić information content (AvgIpc) is 3.33. The van der Waals surface area contributed by atoms with Gasteiger partial charge in [0.05, 0.1) is 24.5 Å². The number of carbonyl (C=O) groups excluding carboxylic acids is 2. The molecule has 0 aromatic carbocycles. The second-order valence-corrected chi connectivity index (χ2v) is 6.79. The molecule has 1 aliphatic rings. The molecule has 8 nitrogen and oxygen atoms in total. The number of nitrogens with one attached hydrogen (secondary N) is 1. The molecule has 1 N–H and O–H groups in total. The summed E-state index contributed by atoms with van der Waals surface area (Å²) >= 11 is 0. The molecule has 3 aromatic heterocycles. The van der Waals surface area contributed by atoms with Crippen LogP contribution in [0.4, 0.5) is 0 Å². The summed E-state index contributed by atoms with van der Waals surface area (Å²) in [5.74, 6) is 0.608. The zero-order valence-corrected chi connectivity index (χ0v) is 15.8. The van der Waals surface area contributed by atoms with Gasteiger partial charge >= 0.3 is 0 Å². The lowest BCUT2D eigenvalue weighted by atomic mass is 10.1. The highest BCUT2D eigenvalue weighted by Crippen LogP contribution is 2.27. The van der Waals surface area contributed by atoms with Crippen LogP contribution >= 0.6 is 0 Å². The van der Waals surface area contributed by atoms with Crippen molar-refractivity contribution in [2.45, 2.75) is 33.0 Å². The Morgan fingerprint density at radius 2 is 2.14 bits per heavy atom. The molecule has 0 spiro atoms. The molecule has 144 valence electrons. The van der Waals surface area contributed by atoms with Gasteiger partial charge in [0, 0.05) is 31.0 Å². The van der Waals surface area contributed by atoms with Crippen molar-refractivity contribution in [1.29, 1.82) is 0 Å². The molecule has 0 saturated heterocycles. The fourth-order valence-corrected chi connectivity index (χ4v) is 3.36. The van der Waals surface area contributed by atoms with E-state index >= 15 is 0 Å². The zero-order valence-electron chi connectivity index (χ0n) is 15.8. The van der Waals surface area contributed by atoms with Gasteiger partial charge in [-0.3, -0.25) is 14.6 Å². The van der Waals surface area contributed by atoms with Crippen LogP contribution in [0, 0.1) is 6.92 Å². The van der Waals surface area contributed by atoms with Crippen LogP contribution in [0.2, 0.25) is 0 Å². The minimum atomic E-state index is -0.264. The van der Waals surface area contributed by atoms with E-state index in [4.69, 9.17) is 4.42 Å². The maximum Gasteiger partial charge on any atom is 0.290 e. The molecule has 4 rings (SSSR count). The summed E-state index contributed by atoms with van der Waals surface area (Å²) in [6.45, 7) is 5.18. The number of aryl methyl sites for hydroxylation is 1. The number of aromatic nitrogens is 3. The van der Waals surface area contributed by atoms with Gasteiger partial charge in [0.15, 0.2) is 5.76 Å². The summed E-state index contributed by atoms with van der Waals surface area (Å²) in [5, 5.41) is 2.83. The summed E-state index contributed by atoms with van der Waals surface area (Å²) in [6.07, 6.45) is 4.94. The topological polar surface area (TPSA) is 93.3 Å². The van der Waals surface area contributed by atoms with Crippen LogP contribution in [0.25, 0.3) is 0 Å². The molecule has 0 bridgehead atoms. The quantitative estimate of drug-likeness (QED) is 0.751. The number of fused-ring (bicyclic) bond motifs is 1. The van der Waals surface area contributed by atoms with Gasteiger partial charge < -0.3 is 19.2 Å². The third-order valence-corrected chi connectivity index (χ3v) is 4.94. The number of rotatable bonds is 4. The average molecular weight is 379 g/mol. The molecular formula is C20H21N5O3. The van der Waals surface area contributed by atoms with Crippen molar-refractivity contribution in [3.05, 3.63) is 71.5 Å². The fraction of sp³-hybridized carbons (Fsp3) is 0.300. The molecule has 2 amide bonds. The SMILES string of the molecule is Cc1ccoc1C(=O)N1CCn2cc(C(=O)NCc3ccccn3)nc2[C@@H]1C. The van der Waals surface area contributed by atoms with E-state index in [2.05, 4.69) is 15.3 Å². The first kappa shape index (κ1) is 18.0. The highest BCUT2D eigenvalue weighted by molar-refractivity contribution is 5.93. The normalized spacial score (nSPS) is 15.9. The van der Waals surface area contributed by atoms with Gasteiger partial charge in [-0.25, -0.2) is 4.98 Å². The maximum atomic E-state index is 12.8. The molecule has 28 heavy (non-hydrogen) atoms. The number of furan rings is 1. The Morgan fingerprint density at radius 1 is 1.29 bits per heavy atom. The predicted molar refractivity (Wildman–Crippen MR) is 101 cm³/mol. The van der Waals surface area contributed by atoms with Crippen molar-refractivity contribution in [3.8, 4) is 0 Å². The van der Waals surface area contributed by atoms with Crippen molar-refractivity contribution in [3.63, 3.8) is 0 Å². The van der Waals surface area contributed by atoms with E-state index < -0.39 is 0 Å². The van der Waals surface area contributed by atoms with Crippen molar-refractivity contribution < 1.29 is 14.0 Å². The smallest absolute Gasteiger partial charge is 0.290 e. The highest BCUT2D eigenvalue weighted by atomic mass is 16.3. The molecular weight excluding hydrogens is 358 g/mol. The van der Waals surface area contributed by atoms with Gasteiger partial charge in [-0.1, -0.05) is 6.07 Å². The summed E-state index contributed by atoms with van der Waals surface area (Å²) in [4.78, 5) is 35.7. The number of carbonyl (C=O) groups is 2. The Labute approximate surface area is 162 Å². The fourth-order valence-electron chi connectivity index (χ4n) is 3.36. The zero-order chi connectivity index (χ0) is 19.7. The van der Waals surface area contributed by atoms with E-state index in [0.29, 0.717) is 36.9 Å². The molecule has 4 heterocycles. The van der Waals surface area contributed by atoms with Crippen LogP contribution in [0.1, 0.15) is 51.1 Å². The Kier molecular flexibility index (Phi) is 4.68. The number of imidazole rings is 1.